The van der Waals surface area contributed by atoms with Crippen molar-refractivity contribution < 1.29 is 14.7 Å². The van der Waals surface area contributed by atoms with Crippen molar-refractivity contribution in [1.29, 1.82) is 0 Å². The molecule has 108 valence electrons. The molecule has 0 aliphatic carbocycles. The number of hydrogen-bond donors (Lipinski definition) is 1. The Morgan fingerprint density at radius 2 is 1.90 bits per heavy atom. The fourth-order valence-electron chi connectivity index (χ4n) is 1.64. The second-order valence-corrected chi connectivity index (χ2v) is 5.75. The van der Waals surface area contributed by atoms with Crippen LogP contribution in [0.4, 0.5) is 0 Å². The van der Waals surface area contributed by atoms with Crippen LogP contribution in [-0.2, 0) is 9.59 Å². The zero-order valence-corrected chi connectivity index (χ0v) is 12.5. The molecule has 0 spiro atoms. The molecule has 5 heteroatoms. The number of hydrogen-bond acceptors (Lipinski definition) is 2. The Labute approximate surface area is 123 Å². The highest BCUT2D eigenvalue weighted by Gasteiger charge is 2.26. The number of nitrogens with zero attached hydrogens (tertiary/aromatic N) is 1. The lowest BCUT2D eigenvalue weighted by atomic mass is 10.1. The van der Waals surface area contributed by atoms with E-state index in [1.807, 2.05) is 6.07 Å². The second-order valence-electron chi connectivity index (χ2n) is 5.34. The van der Waals surface area contributed by atoms with E-state index in [0.717, 1.165) is 0 Å². The maximum atomic E-state index is 12.1. The molecule has 1 rings (SSSR count). The maximum absolute atomic E-state index is 12.1. The zero-order valence-electron chi connectivity index (χ0n) is 11.8. The van der Waals surface area contributed by atoms with Crippen molar-refractivity contribution in [2.24, 2.45) is 0 Å². The smallest absolute Gasteiger partial charge is 0.323 e. The van der Waals surface area contributed by atoms with Crippen molar-refractivity contribution in [2.75, 3.05) is 6.54 Å². The summed E-state index contributed by atoms with van der Waals surface area (Å²) < 4.78 is 0. The average molecular weight is 296 g/mol. The van der Waals surface area contributed by atoms with Gasteiger partial charge in [-0.1, -0.05) is 29.8 Å². The van der Waals surface area contributed by atoms with Crippen LogP contribution in [0.5, 0.6) is 0 Å². The van der Waals surface area contributed by atoms with E-state index in [0.29, 0.717) is 10.6 Å². The predicted molar refractivity (Wildman–Crippen MR) is 79.6 cm³/mol. The van der Waals surface area contributed by atoms with E-state index in [9.17, 15) is 9.59 Å². The number of carboxylic acid groups (broad SMARTS) is 1. The first-order valence-corrected chi connectivity index (χ1v) is 6.55. The first-order valence-electron chi connectivity index (χ1n) is 6.18. The Morgan fingerprint density at radius 3 is 2.40 bits per heavy atom. The first-order chi connectivity index (χ1) is 9.21. The molecule has 0 heterocycles. The fraction of sp³-hybridized carbons (Fsp3) is 0.333. The van der Waals surface area contributed by atoms with Crippen molar-refractivity contribution in [3.63, 3.8) is 0 Å². The van der Waals surface area contributed by atoms with Gasteiger partial charge in [-0.2, -0.15) is 0 Å². The van der Waals surface area contributed by atoms with Crippen LogP contribution in [0, 0.1) is 0 Å². The molecule has 0 radical (unpaired) electrons. The Balaban J connectivity index is 2.92. The van der Waals surface area contributed by atoms with Gasteiger partial charge in [0, 0.05) is 16.6 Å². The standard InChI is InChI=1S/C15H18ClNO3/c1-15(2,3)17(10-14(19)20)13(18)9-8-11-6-4-5-7-12(11)16/h4-9H,10H2,1-3H3,(H,19,20). The molecule has 1 N–H and O–H groups in total. The van der Waals surface area contributed by atoms with Crippen LogP contribution in [-0.4, -0.2) is 34.0 Å². The molecular formula is C15H18ClNO3. The molecule has 4 nitrogen and oxygen atoms in total. The minimum absolute atomic E-state index is 0.338. The van der Waals surface area contributed by atoms with Crippen molar-refractivity contribution in [2.45, 2.75) is 26.3 Å². The van der Waals surface area contributed by atoms with Gasteiger partial charge in [0.25, 0.3) is 0 Å². The van der Waals surface area contributed by atoms with Crippen LogP contribution in [0.3, 0.4) is 0 Å². The summed E-state index contributed by atoms with van der Waals surface area (Å²) in [5.74, 6) is -1.40. The summed E-state index contributed by atoms with van der Waals surface area (Å²) in [4.78, 5) is 24.3. The highest BCUT2D eigenvalue weighted by Crippen LogP contribution is 2.18. The lowest BCUT2D eigenvalue weighted by molar-refractivity contribution is -0.145. The Hall–Kier alpha value is -1.81. The lowest BCUT2D eigenvalue weighted by Gasteiger charge is -2.33. The van der Waals surface area contributed by atoms with Gasteiger partial charge >= 0.3 is 5.97 Å². The Bertz CT molecular complexity index is 532. The lowest BCUT2D eigenvalue weighted by Crippen LogP contribution is -2.47. The van der Waals surface area contributed by atoms with E-state index >= 15 is 0 Å². The van der Waals surface area contributed by atoms with Gasteiger partial charge in [0.15, 0.2) is 0 Å². The molecule has 0 aliphatic heterocycles. The molecule has 0 bridgehead atoms. The fourth-order valence-corrected chi connectivity index (χ4v) is 1.84. The maximum Gasteiger partial charge on any atom is 0.323 e. The molecule has 0 aromatic heterocycles. The molecule has 0 saturated heterocycles. The van der Waals surface area contributed by atoms with Gasteiger partial charge in [-0.3, -0.25) is 9.59 Å². The number of carbonyl (C=O) groups excluding carboxylic acids is 1. The van der Waals surface area contributed by atoms with Crippen LogP contribution in [0.2, 0.25) is 5.02 Å². The summed E-state index contributed by atoms with van der Waals surface area (Å²) in [5.41, 5.74) is 0.145. The molecular weight excluding hydrogens is 278 g/mol. The van der Waals surface area contributed by atoms with E-state index in [1.165, 1.54) is 11.0 Å². The number of amides is 1. The van der Waals surface area contributed by atoms with Crippen LogP contribution in [0.25, 0.3) is 6.08 Å². The van der Waals surface area contributed by atoms with E-state index in [-0.39, 0.29) is 12.5 Å². The summed E-state index contributed by atoms with van der Waals surface area (Å²) in [5, 5.41) is 9.43. The predicted octanol–water partition coefficient (Wildman–Crippen LogP) is 3.06. The van der Waals surface area contributed by atoms with E-state index in [1.54, 1.807) is 45.0 Å². The molecule has 0 aliphatic rings. The quantitative estimate of drug-likeness (QED) is 0.869. The number of rotatable bonds is 4. The molecule has 0 atom stereocenters. The van der Waals surface area contributed by atoms with Gasteiger partial charge in [-0.05, 0) is 38.5 Å². The summed E-state index contributed by atoms with van der Waals surface area (Å²) in [6.45, 7) is 5.03. The van der Waals surface area contributed by atoms with Crippen LogP contribution < -0.4 is 0 Å². The summed E-state index contributed by atoms with van der Waals surface area (Å²) in [7, 11) is 0. The van der Waals surface area contributed by atoms with Gasteiger partial charge in [-0.15, -0.1) is 0 Å². The third kappa shape index (κ3) is 4.70. The van der Waals surface area contributed by atoms with Crippen molar-refractivity contribution in [3.05, 3.63) is 40.9 Å². The largest absolute Gasteiger partial charge is 0.480 e. The van der Waals surface area contributed by atoms with E-state index in [2.05, 4.69) is 0 Å². The van der Waals surface area contributed by atoms with E-state index < -0.39 is 11.5 Å². The number of carboxylic acids is 1. The topological polar surface area (TPSA) is 57.6 Å². The van der Waals surface area contributed by atoms with Gasteiger partial charge < -0.3 is 10.0 Å². The number of halogens is 1. The first kappa shape index (κ1) is 16.2. The second kappa shape index (κ2) is 6.57. The number of aliphatic carboxylic acids is 1. The summed E-state index contributed by atoms with van der Waals surface area (Å²) >= 11 is 5.99. The van der Waals surface area contributed by atoms with E-state index in [4.69, 9.17) is 16.7 Å². The van der Waals surface area contributed by atoms with Crippen LogP contribution in [0.1, 0.15) is 26.3 Å². The Kier molecular flexibility index (Phi) is 5.34. The monoisotopic (exact) mass is 295 g/mol. The van der Waals surface area contributed by atoms with Gasteiger partial charge in [0.05, 0.1) is 0 Å². The number of carbonyl (C=O) groups is 2. The van der Waals surface area contributed by atoms with Gasteiger partial charge in [-0.25, -0.2) is 0 Å². The minimum Gasteiger partial charge on any atom is -0.480 e. The normalized spacial score (nSPS) is 11.6. The zero-order chi connectivity index (χ0) is 15.3. The van der Waals surface area contributed by atoms with Gasteiger partial charge in [0.1, 0.15) is 6.54 Å². The number of benzene rings is 1. The van der Waals surface area contributed by atoms with Crippen molar-refractivity contribution in [1.82, 2.24) is 4.90 Å². The molecule has 1 amide bonds. The van der Waals surface area contributed by atoms with Crippen molar-refractivity contribution >= 4 is 29.6 Å². The molecule has 0 unspecified atom stereocenters. The third-order valence-corrected chi connectivity index (χ3v) is 3.02. The molecule has 0 saturated carbocycles. The summed E-state index contributed by atoms with van der Waals surface area (Å²) in [6, 6.07) is 7.12. The van der Waals surface area contributed by atoms with Crippen molar-refractivity contribution in [3.8, 4) is 0 Å². The van der Waals surface area contributed by atoms with Crippen LogP contribution in [0.15, 0.2) is 30.3 Å². The Morgan fingerprint density at radius 1 is 1.30 bits per heavy atom. The van der Waals surface area contributed by atoms with Crippen LogP contribution >= 0.6 is 11.6 Å². The SMILES string of the molecule is CC(C)(C)N(CC(=O)O)C(=O)C=Cc1ccccc1Cl. The van der Waals surface area contributed by atoms with Gasteiger partial charge in [0.2, 0.25) is 5.91 Å². The average Bonchev–Trinajstić information content (AvgIpc) is 2.33. The third-order valence-electron chi connectivity index (χ3n) is 2.68. The molecule has 0 fully saturated rings. The minimum atomic E-state index is -1.04. The highest BCUT2D eigenvalue weighted by molar-refractivity contribution is 6.32. The summed E-state index contributed by atoms with van der Waals surface area (Å²) in [6.07, 6.45) is 2.93. The molecule has 20 heavy (non-hydrogen) atoms. The molecule has 1 aromatic rings. The molecule has 1 aromatic carbocycles. The highest BCUT2D eigenvalue weighted by atomic mass is 35.5.